The second-order valence-electron chi connectivity index (χ2n) is 8.69. The number of aromatic nitrogens is 1. The van der Waals surface area contributed by atoms with Crippen LogP contribution in [0.15, 0.2) is 65.6 Å². The molecule has 3 saturated heterocycles. The van der Waals surface area contributed by atoms with Crippen LogP contribution in [0.4, 0.5) is 0 Å². The van der Waals surface area contributed by atoms with E-state index in [4.69, 9.17) is 9.47 Å². The number of rotatable bonds is 3. The number of fused-ring (bicyclic) bond motifs is 5. The summed E-state index contributed by atoms with van der Waals surface area (Å²) >= 11 is 0. The summed E-state index contributed by atoms with van der Waals surface area (Å²) in [7, 11) is -3.94. The summed E-state index contributed by atoms with van der Waals surface area (Å²) in [4.78, 5) is 15.0. The first kappa shape index (κ1) is 20.0. The first-order valence-electron chi connectivity index (χ1n) is 11.0. The second kappa shape index (κ2) is 7.16. The van der Waals surface area contributed by atoms with E-state index >= 15 is 0 Å². The van der Waals surface area contributed by atoms with Crippen molar-refractivity contribution in [1.82, 2.24) is 8.87 Å². The highest BCUT2D eigenvalue weighted by Gasteiger charge is 2.58. The monoisotopic (exact) mass is 452 g/mol. The van der Waals surface area contributed by atoms with Crippen molar-refractivity contribution < 1.29 is 22.7 Å². The maximum Gasteiger partial charge on any atom is 0.268 e. The van der Waals surface area contributed by atoms with E-state index < -0.39 is 15.8 Å². The summed E-state index contributed by atoms with van der Waals surface area (Å²) in [5.41, 5.74) is 0.992. The summed E-state index contributed by atoms with van der Waals surface area (Å²) in [5.74, 6) is -1.27. The molecule has 1 aromatic heterocycles. The van der Waals surface area contributed by atoms with Crippen LogP contribution in [0.3, 0.4) is 0 Å². The molecule has 3 unspecified atom stereocenters. The largest absolute Gasteiger partial charge is 0.340 e. The van der Waals surface area contributed by atoms with E-state index in [1.54, 1.807) is 36.4 Å². The van der Waals surface area contributed by atoms with Crippen LogP contribution >= 0.6 is 0 Å². The molecule has 3 aliphatic heterocycles. The van der Waals surface area contributed by atoms with Crippen LogP contribution in [0.1, 0.15) is 31.4 Å². The minimum Gasteiger partial charge on any atom is -0.340 e. The molecule has 7 nitrogen and oxygen atoms in total. The van der Waals surface area contributed by atoms with Gasteiger partial charge in [0.2, 0.25) is 11.7 Å². The van der Waals surface area contributed by atoms with Gasteiger partial charge in [0, 0.05) is 11.9 Å². The molecule has 166 valence electrons. The Labute approximate surface area is 186 Å². The number of nitrogens with zero attached hydrogens (tertiary/aromatic N) is 2. The predicted molar refractivity (Wildman–Crippen MR) is 117 cm³/mol. The van der Waals surface area contributed by atoms with Crippen LogP contribution in [-0.4, -0.2) is 48.5 Å². The van der Waals surface area contributed by atoms with Crippen molar-refractivity contribution in [3.63, 3.8) is 0 Å². The fourth-order valence-corrected chi connectivity index (χ4v) is 6.96. The van der Waals surface area contributed by atoms with E-state index in [1.807, 2.05) is 29.2 Å². The van der Waals surface area contributed by atoms with E-state index in [-0.39, 0.29) is 36.0 Å². The molecule has 3 aromatic rings. The van der Waals surface area contributed by atoms with Gasteiger partial charge in [0.15, 0.2) is 0 Å². The van der Waals surface area contributed by atoms with Crippen LogP contribution in [-0.2, 0) is 30.1 Å². The van der Waals surface area contributed by atoms with Gasteiger partial charge in [-0.15, -0.1) is 0 Å². The van der Waals surface area contributed by atoms with Gasteiger partial charge < -0.3 is 14.4 Å². The highest BCUT2D eigenvalue weighted by atomic mass is 32.2. The van der Waals surface area contributed by atoms with Crippen LogP contribution in [0, 0.1) is 0 Å². The molecule has 3 fully saturated rings. The lowest BCUT2D eigenvalue weighted by atomic mass is 9.92. The molecule has 3 aliphatic rings. The van der Waals surface area contributed by atoms with Crippen LogP contribution in [0.2, 0.25) is 0 Å². The van der Waals surface area contributed by atoms with Crippen molar-refractivity contribution >= 4 is 26.8 Å². The summed E-state index contributed by atoms with van der Waals surface area (Å²) in [6.07, 6.45) is 2.42. The van der Waals surface area contributed by atoms with E-state index in [9.17, 15) is 13.2 Å². The Morgan fingerprint density at radius 3 is 2.62 bits per heavy atom. The average Bonchev–Trinajstić information content (AvgIpc) is 3.39. The number of benzene rings is 2. The Balaban J connectivity index is 1.63. The quantitative estimate of drug-likeness (QED) is 0.610. The van der Waals surface area contributed by atoms with Crippen LogP contribution in [0.5, 0.6) is 0 Å². The van der Waals surface area contributed by atoms with Gasteiger partial charge in [-0.3, -0.25) is 4.79 Å². The van der Waals surface area contributed by atoms with Gasteiger partial charge in [-0.2, -0.15) is 0 Å². The third-order valence-corrected chi connectivity index (χ3v) is 8.54. The van der Waals surface area contributed by atoms with Crippen molar-refractivity contribution in [2.75, 3.05) is 13.2 Å². The molecule has 0 radical (unpaired) electrons. The Morgan fingerprint density at radius 2 is 1.78 bits per heavy atom. The number of para-hydroxylation sites is 1. The summed E-state index contributed by atoms with van der Waals surface area (Å²) < 4.78 is 42.0. The molecule has 0 N–H and O–H groups in total. The fourth-order valence-electron chi connectivity index (χ4n) is 5.38. The standard InChI is InChI=1S/C24H24N2O5S/c27-23-15-18-16-30-24(31-18,21-12-6-7-13-25(21)23)22-14-17-8-4-5-11-20(17)26(22)32(28,29)19-9-2-1-3-10-19/h1-5,8-11,14,18,21H,6-7,12-13,15-16H2. The normalized spacial score (nSPS) is 28.0. The topological polar surface area (TPSA) is 77.8 Å². The van der Waals surface area contributed by atoms with Gasteiger partial charge in [0.25, 0.3) is 10.0 Å². The van der Waals surface area contributed by atoms with Gasteiger partial charge in [-0.1, -0.05) is 36.4 Å². The number of amides is 1. The zero-order valence-corrected chi connectivity index (χ0v) is 18.3. The molecule has 8 heteroatoms. The third-order valence-electron chi connectivity index (χ3n) is 6.79. The molecule has 4 heterocycles. The first-order chi connectivity index (χ1) is 15.5. The second-order valence-corrected chi connectivity index (χ2v) is 10.5. The lowest BCUT2D eigenvalue weighted by Crippen LogP contribution is -2.55. The number of hydrogen-bond acceptors (Lipinski definition) is 5. The number of ether oxygens (including phenoxy) is 2. The molecular formula is C24H24N2O5S. The Morgan fingerprint density at radius 1 is 1.00 bits per heavy atom. The number of piperidine rings is 1. The van der Waals surface area contributed by atoms with Crippen LogP contribution < -0.4 is 0 Å². The molecule has 1 amide bonds. The van der Waals surface area contributed by atoms with E-state index in [0.717, 1.165) is 18.2 Å². The Bertz CT molecular complexity index is 1300. The third kappa shape index (κ3) is 2.79. The molecule has 0 spiro atoms. The van der Waals surface area contributed by atoms with Crippen molar-refractivity contribution in [2.45, 2.75) is 48.5 Å². The van der Waals surface area contributed by atoms with Gasteiger partial charge in [-0.25, -0.2) is 12.4 Å². The minimum atomic E-state index is -3.94. The van der Waals surface area contributed by atoms with Gasteiger partial charge in [0.1, 0.15) is 0 Å². The Hall–Kier alpha value is -2.68. The lowest BCUT2D eigenvalue weighted by Gasteiger charge is -2.43. The maximum absolute atomic E-state index is 13.9. The van der Waals surface area contributed by atoms with Crippen molar-refractivity contribution in [2.24, 2.45) is 0 Å². The molecule has 0 saturated carbocycles. The van der Waals surface area contributed by atoms with Crippen LogP contribution in [0.25, 0.3) is 10.9 Å². The average molecular weight is 453 g/mol. The zero-order valence-electron chi connectivity index (χ0n) is 17.5. The number of carbonyl (C=O) groups excluding carboxylic acids is 1. The summed E-state index contributed by atoms with van der Waals surface area (Å²) in [5, 5.41) is 0.782. The lowest BCUT2D eigenvalue weighted by molar-refractivity contribution is -0.219. The summed E-state index contributed by atoms with van der Waals surface area (Å²) in [6, 6.07) is 17.3. The zero-order chi connectivity index (χ0) is 21.9. The Kier molecular flexibility index (Phi) is 4.47. The molecule has 2 aromatic carbocycles. The number of hydrogen-bond donors (Lipinski definition) is 0. The SMILES string of the molecule is O=C1CC2COC(c3cc4ccccc4n3S(=O)(=O)c3ccccc3)(O2)C2CCCCN12. The molecule has 6 rings (SSSR count). The fraction of sp³-hybridized carbons (Fsp3) is 0.375. The highest BCUT2D eigenvalue weighted by Crippen LogP contribution is 2.48. The molecule has 3 atom stereocenters. The molecular weight excluding hydrogens is 428 g/mol. The highest BCUT2D eigenvalue weighted by molar-refractivity contribution is 7.90. The van der Waals surface area contributed by atoms with E-state index in [2.05, 4.69) is 0 Å². The molecule has 0 aliphatic carbocycles. The van der Waals surface area contributed by atoms with Crippen molar-refractivity contribution in [3.8, 4) is 0 Å². The predicted octanol–water partition coefficient (Wildman–Crippen LogP) is 3.23. The first-order valence-corrected chi connectivity index (χ1v) is 12.5. The van der Waals surface area contributed by atoms with Gasteiger partial charge in [0.05, 0.1) is 41.3 Å². The molecule has 2 bridgehead atoms. The summed E-state index contributed by atoms with van der Waals surface area (Å²) in [6.45, 7) is 0.902. The minimum absolute atomic E-state index is 0.0541. The number of carbonyl (C=O) groups is 1. The van der Waals surface area contributed by atoms with Gasteiger partial charge in [-0.05, 0) is 43.5 Å². The van der Waals surface area contributed by atoms with E-state index in [1.165, 1.54) is 3.97 Å². The van der Waals surface area contributed by atoms with Gasteiger partial charge >= 0.3 is 0 Å². The smallest absolute Gasteiger partial charge is 0.268 e. The van der Waals surface area contributed by atoms with Crippen molar-refractivity contribution in [1.29, 1.82) is 0 Å². The maximum atomic E-state index is 13.9. The van der Waals surface area contributed by atoms with Crippen molar-refractivity contribution in [3.05, 3.63) is 66.4 Å². The van der Waals surface area contributed by atoms with E-state index in [0.29, 0.717) is 24.2 Å². The molecule has 32 heavy (non-hydrogen) atoms.